The van der Waals surface area contributed by atoms with Gasteiger partial charge in [-0.2, -0.15) is 0 Å². The molecular formula is C22H25N3O4. The molecule has 0 radical (unpaired) electrons. The number of furan rings is 1. The third kappa shape index (κ3) is 4.94. The van der Waals surface area contributed by atoms with E-state index in [0.29, 0.717) is 34.8 Å². The van der Waals surface area contributed by atoms with Gasteiger partial charge in [0.1, 0.15) is 29.5 Å². The van der Waals surface area contributed by atoms with Crippen molar-refractivity contribution in [3.63, 3.8) is 0 Å². The van der Waals surface area contributed by atoms with Crippen LogP contribution in [0.1, 0.15) is 36.1 Å². The Morgan fingerprint density at radius 2 is 1.93 bits per heavy atom. The Labute approximate surface area is 168 Å². The average Bonchev–Trinajstić information content (AvgIpc) is 3.12. The van der Waals surface area contributed by atoms with Crippen LogP contribution in [-0.2, 0) is 11.2 Å². The number of rotatable bonds is 9. The first kappa shape index (κ1) is 20.4. The van der Waals surface area contributed by atoms with Gasteiger partial charge in [-0.25, -0.2) is 0 Å². The molecule has 0 spiro atoms. The maximum Gasteiger partial charge on any atom is 0.311 e. The number of hydrogen-bond acceptors (Lipinski definition) is 5. The van der Waals surface area contributed by atoms with Crippen molar-refractivity contribution in [3.8, 4) is 5.75 Å². The van der Waals surface area contributed by atoms with Crippen molar-refractivity contribution in [2.24, 2.45) is 11.5 Å². The molecule has 3 aromatic rings. The second-order valence-electron chi connectivity index (χ2n) is 7.02. The summed E-state index contributed by atoms with van der Waals surface area (Å²) in [5, 5.41) is 18.0. The quantitative estimate of drug-likeness (QED) is 0.324. The van der Waals surface area contributed by atoms with Crippen molar-refractivity contribution < 1.29 is 19.1 Å². The number of carboxylic acid groups (broad SMARTS) is 1. The monoisotopic (exact) mass is 395 g/mol. The summed E-state index contributed by atoms with van der Waals surface area (Å²) in [6.07, 6.45) is 1.03. The smallest absolute Gasteiger partial charge is 0.311 e. The van der Waals surface area contributed by atoms with Gasteiger partial charge in [-0.3, -0.25) is 10.2 Å². The molecule has 0 amide bonds. The van der Waals surface area contributed by atoms with E-state index in [0.717, 1.165) is 11.8 Å². The van der Waals surface area contributed by atoms with Crippen LogP contribution in [0.3, 0.4) is 0 Å². The highest BCUT2D eigenvalue weighted by molar-refractivity contribution is 5.98. The fourth-order valence-corrected chi connectivity index (χ4v) is 3.03. The topological polar surface area (TPSA) is 136 Å². The summed E-state index contributed by atoms with van der Waals surface area (Å²) in [6.45, 7) is 2.41. The van der Waals surface area contributed by atoms with E-state index in [9.17, 15) is 9.90 Å². The normalized spacial score (nSPS) is 13.2. The van der Waals surface area contributed by atoms with Crippen molar-refractivity contribution >= 4 is 22.8 Å². The number of hydrogen-bond donors (Lipinski definition) is 4. The number of benzene rings is 2. The van der Waals surface area contributed by atoms with E-state index in [4.69, 9.17) is 26.0 Å². The first-order chi connectivity index (χ1) is 13.9. The van der Waals surface area contributed by atoms with Crippen LogP contribution in [0.5, 0.6) is 5.75 Å². The lowest BCUT2D eigenvalue weighted by Gasteiger charge is -2.14. The number of carbonyl (C=O) groups is 1. The van der Waals surface area contributed by atoms with Crippen molar-refractivity contribution in [2.45, 2.75) is 31.7 Å². The van der Waals surface area contributed by atoms with E-state index < -0.39 is 11.9 Å². The first-order valence-corrected chi connectivity index (χ1v) is 9.45. The van der Waals surface area contributed by atoms with Gasteiger partial charge in [-0.15, -0.1) is 0 Å². The zero-order chi connectivity index (χ0) is 21.0. The number of carboxylic acids is 1. The Hall–Kier alpha value is -3.32. The van der Waals surface area contributed by atoms with Crippen LogP contribution in [0.25, 0.3) is 11.0 Å². The van der Waals surface area contributed by atoms with Crippen molar-refractivity contribution in [1.29, 1.82) is 5.41 Å². The molecule has 0 saturated heterocycles. The average molecular weight is 395 g/mol. The summed E-state index contributed by atoms with van der Waals surface area (Å²) in [6, 6.07) is 14.0. The zero-order valence-electron chi connectivity index (χ0n) is 16.2. The second-order valence-corrected chi connectivity index (χ2v) is 7.02. The summed E-state index contributed by atoms with van der Waals surface area (Å²) < 4.78 is 11.4. The van der Waals surface area contributed by atoms with Gasteiger partial charge < -0.3 is 25.7 Å². The minimum atomic E-state index is -0.934. The zero-order valence-corrected chi connectivity index (χ0v) is 16.2. The summed E-state index contributed by atoms with van der Waals surface area (Å²) in [5.41, 5.74) is 13.3. The molecule has 7 heteroatoms. The van der Waals surface area contributed by atoms with E-state index in [1.54, 1.807) is 48.5 Å². The lowest BCUT2D eigenvalue weighted by atomic mass is 9.94. The minimum absolute atomic E-state index is 0.0275. The SMILES string of the molecule is CCC(N)COc1ccc(C(Cc2cc3cc(C(=N)N)ccc3o2)C(=O)O)cc1. The number of amidine groups is 1. The Kier molecular flexibility index (Phi) is 6.19. The van der Waals surface area contributed by atoms with Crippen LogP contribution in [0, 0.1) is 5.41 Å². The number of nitrogens with one attached hydrogen (secondary N) is 1. The number of ether oxygens (including phenoxy) is 1. The van der Waals surface area contributed by atoms with E-state index >= 15 is 0 Å². The molecular weight excluding hydrogens is 370 g/mol. The van der Waals surface area contributed by atoms with E-state index in [1.165, 1.54) is 0 Å². The van der Waals surface area contributed by atoms with Gasteiger partial charge in [0.25, 0.3) is 0 Å². The van der Waals surface area contributed by atoms with Gasteiger partial charge in [-0.1, -0.05) is 19.1 Å². The molecule has 0 aliphatic heterocycles. The summed E-state index contributed by atoms with van der Waals surface area (Å²) in [5.74, 6) is -0.503. The largest absolute Gasteiger partial charge is 0.492 e. The lowest BCUT2D eigenvalue weighted by Crippen LogP contribution is -2.26. The molecule has 1 aromatic heterocycles. The predicted octanol–water partition coefficient (Wildman–Crippen LogP) is 3.24. The minimum Gasteiger partial charge on any atom is -0.492 e. The van der Waals surface area contributed by atoms with E-state index in [2.05, 4.69) is 0 Å². The number of aliphatic carboxylic acids is 1. The molecule has 6 N–H and O–H groups in total. The van der Waals surface area contributed by atoms with Crippen LogP contribution >= 0.6 is 0 Å². The maximum atomic E-state index is 11.9. The van der Waals surface area contributed by atoms with Gasteiger partial charge in [0.15, 0.2) is 0 Å². The van der Waals surface area contributed by atoms with Gasteiger partial charge in [0.2, 0.25) is 0 Å². The van der Waals surface area contributed by atoms with Crippen LogP contribution in [0.15, 0.2) is 52.9 Å². The second kappa shape index (κ2) is 8.79. The number of nitrogens with two attached hydrogens (primary N) is 2. The number of fused-ring (bicyclic) bond motifs is 1. The first-order valence-electron chi connectivity index (χ1n) is 9.45. The van der Waals surface area contributed by atoms with Crippen molar-refractivity contribution in [2.75, 3.05) is 6.61 Å². The van der Waals surface area contributed by atoms with Crippen molar-refractivity contribution in [1.82, 2.24) is 0 Å². The standard InChI is InChI=1S/C22H25N3O4/c1-2-16(23)12-28-17-6-3-13(4-7-17)19(22(26)27)11-18-10-15-9-14(21(24)25)5-8-20(15)29-18/h3-10,16,19H,2,11-12,23H2,1H3,(H3,24,25)(H,26,27). The van der Waals surface area contributed by atoms with Crippen molar-refractivity contribution in [3.05, 3.63) is 65.4 Å². The van der Waals surface area contributed by atoms with Gasteiger partial charge in [0, 0.05) is 23.4 Å². The molecule has 1 heterocycles. The highest BCUT2D eigenvalue weighted by Gasteiger charge is 2.22. The molecule has 7 nitrogen and oxygen atoms in total. The molecule has 3 rings (SSSR count). The maximum absolute atomic E-state index is 11.9. The van der Waals surface area contributed by atoms with Crippen LogP contribution in [0.2, 0.25) is 0 Å². The van der Waals surface area contributed by atoms with Gasteiger partial charge in [-0.05, 0) is 48.4 Å². The number of nitrogen functional groups attached to an aromatic ring is 1. The molecule has 0 saturated carbocycles. The van der Waals surface area contributed by atoms with Crippen LogP contribution in [0.4, 0.5) is 0 Å². The molecule has 2 atom stereocenters. The van der Waals surface area contributed by atoms with E-state index in [-0.39, 0.29) is 18.3 Å². The Balaban J connectivity index is 1.77. The molecule has 29 heavy (non-hydrogen) atoms. The molecule has 0 aliphatic rings. The highest BCUT2D eigenvalue weighted by atomic mass is 16.5. The Morgan fingerprint density at radius 3 is 2.55 bits per heavy atom. The fraction of sp³-hybridized carbons (Fsp3) is 0.273. The van der Waals surface area contributed by atoms with Gasteiger partial charge >= 0.3 is 5.97 Å². The van der Waals surface area contributed by atoms with Gasteiger partial charge in [0.05, 0.1) is 5.92 Å². The molecule has 0 bridgehead atoms. The Morgan fingerprint density at radius 1 is 1.21 bits per heavy atom. The molecule has 2 unspecified atom stereocenters. The fourth-order valence-electron chi connectivity index (χ4n) is 3.03. The Bertz CT molecular complexity index is 1010. The molecule has 2 aromatic carbocycles. The summed E-state index contributed by atoms with van der Waals surface area (Å²) >= 11 is 0. The third-order valence-electron chi connectivity index (χ3n) is 4.85. The molecule has 0 fully saturated rings. The molecule has 0 aliphatic carbocycles. The lowest BCUT2D eigenvalue weighted by molar-refractivity contribution is -0.138. The van der Waals surface area contributed by atoms with Crippen LogP contribution < -0.4 is 16.2 Å². The molecule has 152 valence electrons. The van der Waals surface area contributed by atoms with Crippen LogP contribution in [-0.4, -0.2) is 29.6 Å². The summed E-state index contributed by atoms with van der Waals surface area (Å²) in [4.78, 5) is 11.9. The van der Waals surface area contributed by atoms with E-state index in [1.807, 2.05) is 6.92 Å². The highest BCUT2D eigenvalue weighted by Crippen LogP contribution is 2.28. The third-order valence-corrected chi connectivity index (χ3v) is 4.85. The summed E-state index contributed by atoms with van der Waals surface area (Å²) in [7, 11) is 0. The predicted molar refractivity (Wildman–Crippen MR) is 112 cm³/mol.